The minimum atomic E-state index is -0.359. The summed E-state index contributed by atoms with van der Waals surface area (Å²) in [5.41, 5.74) is 2.80. The fourth-order valence-electron chi connectivity index (χ4n) is 3.20. The van der Waals surface area contributed by atoms with Gasteiger partial charge in [-0.25, -0.2) is 9.07 Å². The average Bonchev–Trinajstić information content (AvgIpc) is 3.24. The quantitative estimate of drug-likeness (QED) is 0.513. The van der Waals surface area contributed by atoms with Crippen molar-refractivity contribution in [3.8, 4) is 22.7 Å². The summed E-state index contributed by atoms with van der Waals surface area (Å²) in [5.74, 6) is -0.0944. The summed E-state index contributed by atoms with van der Waals surface area (Å²) in [5, 5.41) is 7.45. The number of rotatable bonds is 6. The van der Waals surface area contributed by atoms with Crippen LogP contribution in [-0.4, -0.2) is 22.8 Å². The molecule has 0 saturated carbocycles. The van der Waals surface area contributed by atoms with Gasteiger partial charge >= 0.3 is 0 Å². The summed E-state index contributed by atoms with van der Waals surface area (Å²) in [6, 6.07) is 23.3. The molecule has 6 heteroatoms. The number of benzene rings is 3. The molecule has 1 N–H and O–H groups in total. The van der Waals surface area contributed by atoms with E-state index in [0.717, 1.165) is 5.69 Å². The fraction of sp³-hybridized carbons (Fsp3) is 0.0833. The number of amides is 1. The average molecular weight is 401 g/mol. The second-order valence-electron chi connectivity index (χ2n) is 6.65. The van der Waals surface area contributed by atoms with Gasteiger partial charge in [-0.15, -0.1) is 0 Å². The van der Waals surface area contributed by atoms with E-state index in [9.17, 15) is 9.18 Å². The Balaban J connectivity index is 1.72. The van der Waals surface area contributed by atoms with Crippen LogP contribution in [0, 0.1) is 5.82 Å². The molecule has 0 fully saturated rings. The molecule has 0 spiro atoms. The first-order valence-electron chi connectivity index (χ1n) is 9.47. The zero-order valence-corrected chi connectivity index (χ0v) is 16.4. The summed E-state index contributed by atoms with van der Waals surface area (Å²) < 4.78 is 21.0. The molecule has 150 valence electrons. The zero-order valence-electron chi connectivity index (χ0n) is 16.4. The van der Waals surface area contributed by atoms with Crippen molar-refractivity contribution in [2.24, 2.45) is 0 Å². The van der Waals surface area contributed by atoms with Crippen LogP contribution in [0.25, 0.3) is 16.9 Å². The lowest BCUT2D eigenvalue weighted by atomic mass is 10.1. The van der Waals surface area contributed by atoms with Crippen LogP contribution in [-0.2, 0) is 6.54 Å². The van der Waals surface area contributed by atoms with E-state index in [-0.39, 0.29) is 18.3 Å². The number of carbonyl (C=O) groups excluding carboxylic acids is 1. The Bertz CT molecular complexity index is 1170. The second kappa shape index (κ2) is 8.61. The van der Waals surface area contributed by atoms with E-state index in [4.69, 9.17) is 4.74 Å². The third-order valence-electron chi connectivity index (χ3n) is 4.74. The number of halogens is 1. The summed E-state index contributed by atoms with van der Waals surface area (Å²) in [4.78, 5) is 13.0. The van der Waals surface area contributed by atoms with Crippen LogP contribution in [0.5, 0.6) is 5.75 Å². The monoisotopic (exact) mass is 401 g/mol. The Morgan fingerprint density at radius 1 is 1.00 bits per heavy atom. The first-order chi connectivity index (χ1) is 14.7. The normalized spacial score (nSPS) is 10.6. The van der Waals surface area contributed by atoms with E-state index in [0.29, 0.717) is 28.1 Å². The van der Waals surface area contributed by atoms with Crippen LogP contribution in [0.1, 0.15) is 15.9 Å². The third-order valence-corrected chi connectivity index (χ3v) is 4.74. The first kappa shape index (κ1) is 19.4. The van der Waals surface area contributed by atoms with E-state index in [1.807, 2.05) is 54.6 Å². The van der Waals surface area contributed by atoms with Gasteiger partial charge in [0.2, 0.25) is 0 Å². The van der Waals surface area contributed by atoms with Crippen LogP contribution in [0.2, 0.25) is 0 Å². The van der Waals surface area contributed by atoms with Gasteiger partial charge < -0.3 is 10.1 Å². The number of methoxy groups -OCH3 is 1. The van der Waals surface area contributed by atoms with Gasteiger partial charge in [0.25, 0.3) is 5.91 Å². The first-order valence-corrected chi connectivity index (χ1v) is 9.47. The van der Waals surface area contributed by atoms with Crippen molar-refractivity contribution in [3.63, 3.8) is 0 Å². The van der Waals surface area contributed by atoms with E-state index >= 15 is 0 Å². The highest BCUT2D eigenvalue weighted by Gasteiger charge is 2.21. The molecule has 0 aliphatic rings. The number of ether oxygens (including phenoxy) is 1. The van der Waals surface area contributed by atoms with Crippen LogP contribution >= 0.6 is 0 Å². The Labute approximate surface area is 173 Å². The number of carbonyl (C=O) groups is 1. The lowest BCUT2D eigenvalue weighted by Gasteiger charge is -2.09. The van der Waals surface area contributed by atoms with Crippen molar-refractivity contribution in [1.29, 1.82) is 0 Å². The summed E-state index contributed by atoms with van der Waals surface area (Å²) >= 11 is 0. The topological polar surface area (TPSA) is 56.2 Å². The molecule has 4 rings (SSSR count). The molecule has 3 aromatic carbocycles. The molecule has 0 radical (unpaired) electrons. The highest BCUT2D eigenvalue weighted by molar-refractivity contribution is 6.00. The number of hydrogen-bond acceptors (Lipinski definition) is 3. The van der Waals surface area contributed by atoms with E-state index < -0.39 is 0 Å². The van der Waals surface area contributed by atoms with Crippen molar-refractivity contribution in [2.75, 3.05) is 7.11 Å². The van der Waals surface area contributed by atoms with E-state index in [2.05, 4.69) is 10.4 Å². The van der Waals surface area contributed by atoms with Crippen LogP contribution in [0.4, 0.5) is 4.39 Å². The minimum Gasteiger partial charge on any atom is -0.496 e. The van der Waals surface area contributed by atoms with Crippen molar-refractivity contribution in [3.05, 3.63) is 102 Å². The van der Waals surface area contributed by atoms with Gasteiger partial charge in [-0.2, -0.15) is 5.10 Å². The maximum atomic E-state index is 13.9. The van der Waals surface area contributed by atoms with E-state index in [1.165, 1.54) is 6.07 Å². The van der Waals surface area contributed by atoms with Gasteiger partial charge in [-0.05, 0) is 30.3 Å². The number of hydrogen-bond donors (Lipinski definition) is 1. The predicted octanol–water partition coefficient (Wildman–Crippen LogP) is 4.62. The third kappa shape index (κ3) is 3.93. The predicted molar refractivity (Wildman–Crippen MR) is 113 cm³/mol. The molecule has 1 aromatic heterocycles. The van der Waals surface area contributed by atoms with Gasteiger partial charge in [0.1, 0.15) is 17.3 Å². The van der Waals surface area contributed by atoms with Crippen molar-refractivity contribution < 1.29 is 13.9 Å². The van der Waals surface area contributed by atoms with Crippen molar-refractivity contribution in [1.82, 2.24) is 15.1 Å². The molecule has 0 aliphatic heterocycles. The highest BCUT2D eigenvalue weighted by atomic mass is 19.1. The SMILES string of the molecule is COc1ccccc1-c1nn(-c2ccccc2)cc1C(=O)NCc1ccccc1F. The second-order valence-corrected chi connectivity index (χ2v) is 6.65. The Morgan fingerprint density at radius 2 is 1.70 bits per heavy atom. The molecule has 0 saturated heterocycles. The number of nitrogens with zero attached hydrogens (tertiary/aromatic N) is 2. The summed E-state index contributed by atoms with van der Waals surface area (Å²) in [6.07, 6.45) is 1.67. The maximum Gasteiger partial charge on any atom is 0.255 e. The smallest absolute Gasteiger partial charge is 0.255 e. The Morgan fingerprint density at radius 3 is 2.47 bits per heavy atom. The molecule has 0 bridgehead atoms. The van der Waals surface area contributed by atoms with Gasteiger partial charge in [-0.1, -0.05) is 48.5 Å². The molecule has 1 amide bonds. The minimum absolute atomic E-state index is 0.0768. The van der Waals surface area contributed by atoms with Crippen LogP contribution in [0.3, 0.4) is 0 Å². The largest absolute Gasteiger partial charge is 0.496 e. The molecule has 0 unspecified atom stereocenters. The van der Waals surface area contributed by atoms with Crippen LogP contribution in [0.15, 0.2) is 85.1 Å². The number of aromatic nitrogens is 2. The molecule has 0 atom stereocenters. The number of para-hydroxylation sites is 2. The molecule has 1 heterocycles. The van der Waals surface area contributed by atoms with Gasteiger partial charge in [0, 0.05) is 23.9 Å². The lowest BCUT2D eigenvalue weighted by molar-refractivity contribution is 0.0951. The molecular weight excluding hydrogens is 381 g/mol. The maximum absolute atomic E-state index is 13.9. The lowest BCUT2D eigenvalue weighted by Crippen LogP contribution is -2.23. The van der Waals surface area contributed by atoms with Gasteiger partial charge in [0.15, 0.2) is 0 Å². The summed E-state index contributed by atoms with van der Waals surface area (Å²) in [7, 11) is 1.57. The standard InChI is InChI=1S/C24H20FN3O2/c1-30-22-14-8-6-12-19(22)23-20(16-28(27-23)18-10-3-2-4-11-18)24(29)26-15-17-9-5-7-13-21(17)25/h2-14,16H,15H2,1H3,(H,26,29). The van der Waals surface area contributed by atoms with Crippen molar-refractivity contribution in [2.45, 2.75) is 6.54 Å². The molecular formula is C24H20FN3O2. The van der Waals surface area contributed by atoms with E-state index in [1.54, 1.807) is 36.2 Å². The highest BCUT2D eigenvalue weighted by Crippen LogP contribution is 2.31. The molecule has 5 nitrogen and oxygen atoms in total. The molecule has 0 aliphatic carbocycles. The molecule has 4 aromatic rings. The molecule has 30 heavy (non-hydrogen) atoms. The summed E-state index contributed by atoms with van der Waals surface area (Å²) in [6.45, 7) is 0.0768. The van der Waals surface area contributed by atoms with Crippen LogP contribution < -0.4 is 10.1 Å². The Hall–Kier alpha value is -3.93. The Kier molecular flexibility index (Phi) is 5.57. The number of nitrogens with one attached hydrogen (secondary N) is 1. The zero-order chi connectivity index (χ0) is 20.9. The van der Waals surface area contributed by atoms with Crippen molar-refractivity contribution >= 4 is 5.91 Å². The van der Waals surface area contributed by atoms with Gasteiger partial charge in [-0.3, -0.25) is 4.79 Å². The fourth-order valence-corrected chi connectivity index (χ4v) is 3.20. The van der Waals surface area contributed by atoms with Gasteiger partial charge in [0.05, 0.1) is 18.4 Å².